The number of hydrogen-bond acceptors (Lipinski definition) is 4. The van der Waals surface area contributed by atoms with Crippen LogP contribution < -0.4 is 5.76 Å². The van der Waals surface area contributed by atoms with E-state index in [1.807, 2.05) is 28.8 Å². The fourth-order valence-corrected chi connectivity index (χ4v) is 5.86. The molecule has 0 aliphatic carbocycles. The molecule has 2 aliphatic heterocycles. The predicted molar refractivity (Wildman–Crippen MR) is 123 cm³/mol. The van der Waals surface area contributed by atoms with Crippen LogP contribution in [0.4, 0.5) is 0 Å². The lowest BCUT2D eigenvalue weighted by molar-refractivity contribution is 0.0406. The molecule has 2 fully saturated rings. The fraction of sp³-hybridized carbons (Fsp3) is 0.720. The van der Waals surface area contributed by atoms with Crippen LogP contribution in [0.2, 0.25) is 0 Å². The minimum absolute atomic E-state index is 0.0938. The summed E-state index contributed by atoms with van der Waals surface area (Å²) in [5, 5.41) is 0. The van der Waals surface area contributed by atoms with Gasteiger partial charge in [-0.15, -0.1) is 0 Å². The number of aromatic nitrogens is 1. The number of rotatable bonds is 8. The van der Waals surface area contributed by atoms with E-state index in [2.05, 4.69) is 23.6 Å². The molecule has 0 bridgehead atoms. The molecule has 3 heterocycles. The SMILES string of the molecule is CCC1CCCCN1CCCC(N1CCCCC1CC)n1c(=O)oc2ccccc21. The largest absolute Gasteiger partial charge is 0.421 e. The maximum absolute atomic E-state index is 12.9. The Morgan fingerprint density at radius 2 is 1.73 bits per heavy atom. The number of benzene rings is 1. The molecular formula is C25H39N3O2. The van der Waals surface area contributed by atoms with Crippen molar-refractivity contribution in [1.82, 2.24) is 14.4 Å². The number of likely N-dealkylation sites (tertiary alicyclic amines) is 2. The van der Waals surface area contributed by atoms with Crippen molar-refractivity contribution in [3.63, 3.8) is 0 Å². The van der Waals surface area contributed by atoms with Crippen LogP contribution in [0.15, 0.2) is 33.5 Å². The van der Waals surface area contributed by atoms with Crippen molar-refractivity contribution >= 4 is 11.1 Å². The van der Waals surface area contributed by atoms with Gasteiger partial charge in [-0.25, -0.2) is 4.79 Å². The average molecular weight is 414 g/mol. The molecule has 0 spiro atoms. The second-order valence-corrected chi connectivity index (χ2v) is 9.22. The number of fused-ring (bicyclic) bond motifs is 1. The zero-order chi connectivity index (χ0) is 20.9. The summed E-state index contributed by atoms with van der Waals surface area (Å²) in [6, 6.07) is 9.21. The number of para-hydroxylation sites is 2. The molecule has 2 saturated heterocycles. The van der Waals surface area contributed by atoms with E-state index in [-0.39, 0.29) is 11.9 Å². The lowest BCUT2D eigenvalue weighted by Gasteiger charge is -2.42. The molecular weight excluding hydrogens is 374 g/mol. The molecule has 5 heteroatoms. The normalized spacial score (nSPS) is 25.0. The number of nitrogens with zero attached hydrogens (tertiary/aromatic N) is 3. The Morgan fingerprint density at radius 3 is 2.53 bits per heavy atom. The molecule has 1 aromatic carbocycles. The van der Waals surface area contributed by atoms with Crippen LogP contribution in [0.5, 0.6) is 0 Å². The molecule has 0 N–H and O–H groups in total. The Morgan fingerprint density at radius 1 is 1.00 bits per heavy atom. The van der Waals surface area contributed by atoms with Crippen molar-refractivity contribution in [2.24, 2.45) is 0 Å². The third-order valence-corrected chi connectivity index (χ3v) is 7.47. The van der Waals surface area contributed by atoms with Gasteiger partial charge in [-0.05, 0) is 76.6 Å². The Hall–Kier alpha value is -1.59. The summed E-state index contributed by atoms with van der Waals surface area (Å²) in [4.78, 5) is 18.3. The van der Waals surface area contributed by atoms with Gasteiger partial charge in [-0.3, -0.25) is 9.47 Å². The van der Waals surface area contributed by atoms with Crippen LogP contribution in [0.3, 0.4) is 0 Å². The van der Waals surface area contributed by atoms with Gasteiger partial charge in [0, 0.05) is 18.6 Å². The first kappa shape index (κ1) is 21.6. The van der Waals surface area contributed by atoms with Crippen molar-refractivity contribution in [1.29, 1.82) is 0 Å². The molecule has 1 aromatic heterocycles. The van der Waals surface area contributed by atoms with Crippen LogP contribution in [-0.4, -0.2) is 46.1 Å². The van der Waals surface area contributed by atoms with E-state index in [1.54, 1.807) is 0 Å². The zero-order valence-corrected chi connectivity index (χ0v) is 18.9. The first-order valence-corrected chi connectivity index (χ1v) is 12.3. The second-order valence-electron chi connectivity index (χ2n) is 9.22. The van der Waals surface area contributed by atoms with E-state index in [9.17, 15) is 4.79 Å². The van der Waals surface area contributed by atoms with Gasteiger partial charge in [0.1, 0.15) is 0 Å². The Balaban J connectivity index is 1.57. The molecule has 0 amide bonds. The van der Waals surface area contributed by atoms with Crippen LogP contribution in [0.25, 0.3) is 11.1 Å². The Labute approximate surface area is 181 Å². The van der Waals surface area contributed by atoms with E-state index in [0.29, 0.717) is 11.6 Å². The summed E-state index contributed by atoms with van der Waals surface area (Å²) >= 11 is 0. The van der Waals surface area contributed by atoms with E-state index in [4.69, 9.17) is 4.42 Å². The topological polar surface area (TPSA) is 41.6 Å². The van der Waals surface area contributed by atoms with Crippen LogP contribution in [0.1, 0.15) is 84.2 Å². The number of oxazole rings is 1. The lowest BCUT2D eigenvalue weighted by atomic mass is 9.97. The van der Waals surface area contributed by atoms with Gasteiger partial charge < -0.3 is 9.32 Å². The van der Waals surface area contributed by atoms with Gasteiger partial charge in [0.25, 0.3) is 0 Å². The average Bonchev–Trinajstić information content (AvgIpc) is 3.12. The van der Waals surface area contributed by atoms with Crippen molar-refractivity contribution in [2.75, 3.05) is 19.6 Å². The third kappa shape index (κ3) is 4.52. The molecule has 5 nitrogen and oxygen atoms in total. The monoisotopic (exact) mass is 413 g/mol. The van der Waals surface area contributed by atoms with Crippen molar-refractivity contribution in [3.05, 3.63) is 34.8 Å². The smallest absolute Gasteiger partial charge is 0.408 e. The summed E-state index contributed by atoms with van der Waals surface area (Å²) in [7, 11) is 0. The van der Waals surface area contributed by atoms with E-state index >= 15 is 0 Å². The molecule has 2 aromatic rings. The molecule has 2 aliphatic rings. The summed E-state index contributed by atoms with van der Waals surface area (Å²) in [6.45, 7) is 8.07. The van der Waals surface area contributed by atoms with Crippen molar-refractivity contribution in [3.8, 4) is 0 Å². The summed E-state index contributed by atoms with van der Waals surface area (Å²) in [5.74, 6) is -0.203. The quantitative estimate of drug-likeness (QED) is 0.581. The van der Waals surface area contributed by atoms with Gasteiger partial charge in [-0.1, -0.05) is 38.8 Å². The molecule has 3 atom stereocenters. The van der Waals surface area contributed by atoms with Crippen LogP contribution in [-0.2, 0) is 0 Å². The predicted octanol–water partition coefficient (Wildman–Crippen LogP) is 5.40. The van der Waals surface area contributed by atoms with Gasteiger partial charge in [-0.2, -0.15) is 0 Å². The molecule has 0 saturated carbocycles. The third-order valence-electron chi connectivity index (χ3n) is 7.47. The van der Waals surface area contributed by atoms with Crippen molar-refractivity contribution in [2.45, 2.75) is 96.3 Å². The van der Waals surface area contributed by atoms with Gasteiger partial charge >= 0.3 is 5.76 Å². The standard InChI is InChI=1S/C25H39N3O2/c1-3-20-12-7-9-17-26(20)18-11-16-24(27-19-10-8-13-21(27)4-2)28-22-14-5-6-15-23(22)30-25(28)29/h5-6,14-15,20-21,24H,3-4,7-13,16-19H2,1-2H3. The van der Waals surface area contributed by atoms with E-state index < -0.39 is 0 Å². The van der Waals surface area contributed by atoms with E-state index in [1.165, 1.54) is 51.5 Å². The highest BCUT2D eigenvalue weighted by Crippen LogP contribution is 2.31. The Bertz CT molecular complexity index is 857. The highest BCUT2D eigenvalue weighted by molar-refractivity contribution is 5.72. The summed E-state index contributed by atoms with van der Waals surface area (Å²) < 4.78 is 7.60. The highest BCUT2D eigenvalue weighted by Gasteiger charge is 2.31. The molecule has 30 heavy (non-hydrogen) atoms. The van der Waals surface area contributed by atoms with Crippen LogP contribution in [0, 0.1) is 0 Å². The highest BCUT2D eigenvalue weighted by atomic mass is 16.4. The van der Waals surface area contributed by atoms with Crippen molar-refractivity contribution < 1.29 is 4.42 Å². The zero-order valence-electron chi connectivity index (χ0n) is 18.9. The van der Waals surface area contributed by atoms with Crippen LogP contribution >= 0.6 is 0 Å². The number of hydrogen-bond donors (Lipinski definition) is 0. The molecule has 4 rings (SSSR count). The first-order valence-electron chi connectivity index (χ1n) is 12.3. The first-order chi connectivity index (χ1) is 14.7. The maximum atomic E-state index is 12.9. The lowest BCUT2D eigenvalue weighted by Crippen LogP contribution is -2.46. The minimum atomic E-state index is -0.203. The minimum Gasteiger partial charge on any atom is -0.408 e. The molecule has 166 valence electrons. The molecule has 0 radical (unpaired) electrons. The second kappa shape index (κ2) is 10.1. The molecule has 3 unspecified atom stereocenters. The van der Waals surface area contributed by atoms with Gasteiger partial charge in [0.15, 0.2) is 5.58 Å². The maximum Gasteiger partial charge on any atom is 0.421 e. The van der Waals surface area contributed by atoms with Gasteiger partial charge in [0.2, 0.25) is 0 Å². The Kier molecular flexibility index (Phi) is 7.32. The fourth-order valence-electron chi connectivity index (χ4n) is 5.86. The van der Waals surface area contributed by atoms with Gasteiger partial charge in [0.05, 0.1) is 11.7 Å². The summed E-state index contributed by atoms with van der Waals surface area (Å²) in [5.41, 5.74) is 1.65. The van der Waals surface area contributed by atoms with E-state index in [0.717, 1.165) is 43.9 Å². The summed E-state index contributed by atoms with van der Waals surface area (Å²) in [6.07, 6.45) is 12.4. The number of piperidine rings is 2.